The Morgan fingerprint density at radius 3 is 2.91 bits per heavy atom. The van der Waals surface area contributed by atoms with Crippen molar-refractivity contribution in [2.45, 2.75) is 38.6 Å². The van der Waals surface area contributed by atoms with Crippen molar-refractivity contribution in [1.82, 2.24) is 24.3 Å². The van der Waals surface area contributed by atoms with Gasteiger partial charge in [-0.3, -0.25) is 4.79 Å². The lowest BCUT2D eigenvalue weighted by Gasteiger charge is -2.15. The smallest absolute Gasteiger partial charge is 0.258 e. The molecule has 0 bridgehead atoms. The first-order chi connectivity index (χ1) is 16.5. The van der Waals surface area contributed by atoms with Crippen molar-refractivity contribution in [3.63, 3.8) is 0 Å². The van der Waals surface area contributed by atoms with E-state index in [0.29, 0.717) is 29.8 Å². The Morgan fingerprint density at radius 2 is 2.09 bits per heavy atom. The Bertz CT molecular complexity index is 1420. The van der Waals surface area contributed by atoms with E-state index in [1.54, 1.807) is 30.9 Å². The van der Waals surface area contributed by atoms with Crippen LogP contribution in [-0.2, 0) is 0 Å². The molecule has 0 saturated heterocycles. The monoisotopic (exact) mass is 458 g/mol. The maximum Gasteiger partial charge on any atom is 0.258 e. The molecule has 3 heterocycles. The largest absolute Gasteiger partial charge is 0.488 e. The fraction of sp³-hybridized carbons (Fsp3) is 0.280. The van der Waals surface area contributed by atoms with Crippen molar-refractivity contribution in [3.8, 4) is 22.8 Å². The molecule has 4 aromatic rings. The van der Waals surface area contributed by atoms with Gasteiger partial charge in [-0.2, -0.15) is 0 Å². The minimum absolute atomic E-state index is 0.0220. The number of para-hydroxylation sites is 1. The molecule has 1 fully saturated rings. The third kappa shape index (κ3) is 3.44. The molecular weight excluding hydrogens is 435 g/mol. The van der Waals surface area contributed by atoms with Crippen molar-refractivity contribution in [3.05, 3.63) is 71.8 Å². The average Bonchev–Trinajstić information content (AvgIpc) is 3.38. The van der Waals surface area contributed by atoms with Crippen LogP contribution in [0.15, 0.2) is 49.2 Å². The number of amides is 1. The molecule has 34 heavy (non-hydrogen) atoms. The first kappa shape index (κ1) is 20.6. The van der Waals surface area contributed by atoms with Crippen LogP contribution in [0.5, 0.6) is 5.75 Å². The van der Waals surface area contributed by atoms with Crippen LogP contribution in [-0.4, -0.2) is 36.8 Å². The number of rotatable bonds is 4. The third-order valence-corrected chi connectivity index (χ3v) is 6.43. The van der Waals surface area contributed by atoms with Gasteiger partial charge >= 0.3 is 0 Å². The molecule has 2 aromatic carbocycles. The number of hydrogen-bond acceptors (Lipinski definition) is 5. The number of nitrogens with zero attached hydrogens (tertiary/aromatic N) is 5. The quantitative estimate of drug-likeness (QED) is 0.481. The number of benzene rings is 2. The summed E-state index contributed by atoms with van der Waals surface area (Å²) in [6.07, 6.45) is 7.63. The lowest BCUT2D eigenvalue weighted by atomic mass is 10.1. The van der Waals surface area contributed by atoms with E-state index in [-0.39, 0.29) is 11.6 Å². The lowest BCUT2D eigenvalue weighted by molar-refractivity contribution is 0.102. The first-order valence-electron chi connectivity index (χ1n) is 11.3. The second-order valence-corrected chi connectivity index (χ2v) is 8.96. The summed E-state index contributed by atoms with van der Waals surface area (Å²) >= 11 is 0. The summed E-state index contributed by atoms with van der Waals surface area (Å²) < 4.78 is 24.7. The number of nitrogens with one attached hydrogen (secondary N) is 1. The fourth-order valence-electron chi connectivity index (χ4n) is 4.37. The van der Waals surface area contributed by atoms with Crippen molar-refractivity contribution < 1.29 is 13.9 Å². The Labute approximate surface area is 195 Å². The number of ether oxygens (including phenoxy) is 1. The molecule has 1 atom stereocenters. The third-order valence-electron chi connectivity index (χ3n) is 6.43. The highest BCUT2D eigenvalue weighted by molar-refractivity contribution is 6.06. The molecule has 1 saturated carbocycles. The molecular formula is C25H23FN6O2. The molecule has 2 aliphatic rings. The van der Waals surface area contributed by atoms with Gasteiger partial charge in [-0.1, -0.05) is 6.07 Å². The molecule has 0 unspecified atom stereocenters. The van der Waals surface area contributed by atoms with Gasteiger partial charge in [0.2, 0.25) is 0 Å². The van der Waals surface area contributed by atoms with Gasteiger partial charge in [0.15, 0.2) is 11.6 Å². The number of carbonyl (C=O) groups excluding carboxylic acids is 1. The Balaban J connectivity index is 1.34. The summed E-state index contributed by atoms with van der Waals surface area (Å²) in [5.74, 6) is 0.513. The van der Waals surface area contributed by atoms with E-state index in [9.17, 15) is 9.18 Å². The van der Waals surface area contributed by atoms with E-state index in [1.165, 1.54) is 6.07 Å². The summed E-state index contributed by atoms with van der Waals surface area (Å²) in [6.45, 7) is 4.21. The Hall–Kier alpha value is -4.01. The van der Waals surface area contributed by atoms with E-state index in [4.69, 9.17) is 4.74 Å². The van der Waals surface area contributed by atoms with Crippen molar-refractivity contribution in [2.75, 3.05) is 11.9 Å². The molecule has 2 aromatic heterocycles. The number of aromatic nitrogens is 5. The van der Waals surface area contributed by atoms with Crippen LogP contribution in [0.4, 0.5) is 10.1 Å². The highest BCUT2D eigenvalue weighted by atomic mass is 19.1. The van der Waals surface area contributed by atoms with Gasteiger partial charge in [-0.05, 0) is 56.5 Å². The molecule has 1 aliphatic carbocycles. The zero-order valence-electron chi connectivity index (χ0n) is 18.8. The van der Waals surface area contributed by atoms with Crippen LogP contribution < -0.4 is 10.1 Å². The Kier molecular flexibility index (Phi) is 4.72. The number of hydrogen-bond donors (Lipinski definition) is 1. The summed E-state index contributed by atoms with van der Waals surface area (Å²) in [5, 5.41) is 11.1. The lowest BCUT2D eigenvalue weighted by Crippen LogP contribution is -2.16. The summed E-state index contributed by atoms with van der Waals surface area (Å²) in [5.41, 5.74) is 3.59. The highest BCUT2D eigenvalue weighted by Gasteiger charge is 2.27. The molecule has 1 aliphatic heterocycles. The number of anilines is 1. The van der Waals surface area contributed by atoms with Crippen LogP contribution in [0.2, 0.25) is 0 Å². The molecule has 6 rings (SSSR count). The number of imidazole rings is 1. The fourth-order valence-corrected chi connectivity index (χ4v) is 4.37. The molecule has 0 spiro atoms. The van der Waals surface area contributed by atoms with E-state index in [1.807, 2.05) is 35.2 Å². The van der Waals surface area contributed by atoms with Crippen LogP contribution in [0.1, 0.15) is 53.3 Å². The molecule has 9 heteroatoms. The second kappa shape index (κ2) is 7.79. The number of aryl methyl sites for hydroxylation is 1. The van der Waals surface area contributed by atoms with Gasteiger partial charge in [0.05, 0.1) is 40.6 Å². The van der Waals surface area contributed by atoms with Gasteiger partial charge in [0.1, 0.15) is 18.8 Å². The average molecular weight is 458 g/mol. The minimum Gasteiger partial charge on any atom is -0.488 e. The van der Waals surface area contributed by atoms with Crippen molar-refractivity contribution >= 4 is 11.6 Å². The van der Waals surface area contributed by atoms with Crippen LogP contribution in [0, 0.1) is 12.7 Å². The molecule has 1 N–H and O–H groups in total. The highest BCUT2D eigenvalue weighted by Crippen LogP contribution is 2.40. The van der Waals surface area contributed by atoms with Crippen LogP contribution >= 0.6 is 0 Å². The second-order valence-electron chi connectivity index (χ2n) is 8.96. The van der Waals surface area contributed by atoms with E-state index in [0.717, 1.165) is 35.3 Å². The predicted octanol–water partition coefficient (Wildman–Crippen LogP) is 4.66. The minimum atomic E-state index is -0.586. The normalized spacial score (nSPS) is 16.9. The number of halogens is 1. The van der Waals surface area contributed by atoms with E-state index in [2.05, 4.69) is 20.5 Å². The van der Waals surface area contributed by atoms with Gasteiger partial charge in [0.25, 0.3) is 5.91 Å². The summed E-state index contributed by atoms with van der Waals surface area (Å²) in [4.78, 5) is 17.7. The molecule has 0 radical (unpaired) electrons. The number of carbonyl (C=O) groups is 1. The molecule has 1 amide bonds. The maximum atomic E-state index is 14.9. The zero-order chi connectivity index (χ0) is 23.4. The first-order valence-corrected chi connectivity index (χ1v) is 11.3. The predicted molar refractivity (Wildman–Crippen MR) is 124 cm³/mol. The van der Waals surface area contributed by atoms with Gasteiger partial charge in [-0.15, -0.1) is 10.2 Å². The summed E-state index contributed by atoms with van der Waals surface area (Å²) in [7, 11) is 0. The van der Waals surface area contributed by atoms with Crippen LogP contribution in [0.3, 0.4) is 0 Å². The van der Waals surface area contributed by atoms with Crippen molar-refractivity contribution in [1.29, 1.82) is 0 Å². The van der Waals surface area contributed by atoms with Crippen LogP contribution in [0.25, 0.3) is 17.1 Å². The SMILES string of the molecule is Cc1cc(F)c(C(=O)Nc2cccc3c2OC[C@@H](C)n2cnnc2-3)cc1-n1cnc(C2CC2)c1. The topological polar surface area (TPSA) is 86.9 Å². The Morgan fingerprint density at radius 1 is 1.24 bits per heavy atom. The standard InChI is InChI=1S/C25H23FN6O2/c1-14-8-19(26)18(9-22(14)31-10-21(27-12-31)16-6-7-16)25(33)29-20-5-3-4-17-23(20)34-11-15(2)32-13-28-30-24(17)32/h3-5,8-10,12-13,15-16H,6-7,11H2,1-2H3,(H,29,33)/t15-/m1/s1. The maximum absolute atomic E-state index is 14.9. The number of fused-ring (bicyclic) bond motifs is 3. The zero-order valence-corrected chi connectivity index (χ0v) is 18.8. The molecule has 8 nitrogen and oxygen atoms in total. The van der Waals surface area contributed by atoms with Gasteiger partial charge in [0, 0.05) is 12.1 Å². The van der Waals surface area contributed by atoms with Gasteiger partial charge < -0.3 is 19.2 Å². The van der Waals surface area contributed by atoms with Gasteiger partial charge in [-0.25, -0.2) is 9.37 Å². The van der Waals surface area contributed by atoms with E-state index >= 15 is 0 Å². The summed E-state index contributed by atoms with van der Waals surface area (Å²) in [6, 6.07) is 8.37. The molecule has 172 valence electrons. The van der Waals surface area contributed by atoms with Crippen molar-refractivity contribution in [2.24, 2.45) is 0 Å². The van der Waals surface area contributed by atoms with E-state index < -0.39 is 11.7 Å².